The number of halogens is 2. The van der Waals surface area contributed by atoms with Crippen molar-refractivity contribution in [1.29, 1.82) is 0 Å². The van der Waals surface area contributed by atoms with Crippen LogP contribution in [0.15, 0.2) is 60.7 Å². The van der Waals surface area contributed by atoms with Crippen LogP contribution in [-0.4, -0.2) is 24.0 Å². The maximum absolute atomic E-state index is 13.4. The molecule has 0 fully saturated rings. The summed E-state index contributed by atoms with van der Waals surface area (Å²) >= 11 is 0. The minimum absolute atomic E-state index is 0.0695. The molecule has 0 radical (unpaired) electrons. The Labute approximate surface area is 181 Å². The fraction of sp³-hybridized carbons (Fsp3) is 0.250. The minimum Gasteiger partial charge on any atom is -0.366 e. The van der Waals surface area contributed by atoms with Gasteiger partial charge in [0.2, 0.25) is 5.91 Å². The molecule has 2 aromatic carbocycles. The van der Waals surface area contributed by atoms with E-state index in [0.29, 0.717) is 29.4 Å². The van der Waals surface area contributed by atoms with Gasteiger partial charge in [-0.1, -0.05) is 24.3 Å². The summed E-state index contributed by atoms with van der Waals surface area (Å²) in [4.78, 5) is 19.3. The highest BCUT2D eigenvalue weighted by Crippen LogP contribution is 2.26. The highest BCUT2D eigenvalue weighted by atomic mass is 19.1. The van der Waals surface area contributed by atoms with E-state index in [1.54, 1.807) is 36.4 Å². The third kappa shape index (κ3) is 6.25. The molecular weight excluding hydrogens is 398 g/mol. The minimum atomic E-state index is -0.368. The molecule has 0 aliphatic carbocycles. The summed E-state index contributed by atoms with van der Waals surface area (Å²) in [5, 5.41) is 6.14. The van der Waals surface area contributed by atoms with Gasteiger partial charge in [-0.15, -0.1) is 0 Å². The Balaban J connectivity index is 1.75. The van der Waals surface area contributed by atoms with Crippen LogP contribution in [0.1, 0.15) is 25.0 Å². The predicted octanol–water partition coefficient (Wildman–Crippen LogP) is 5.00. The summed E-state index contributed by atoms with van der Waals surface area (Å²) in [6.45, 7) is 5.97. The van der Waals surface area contributed by atoms with E-state index in [9.17, 15) is 13.6 Å². The van der Waals surface area contributed by atoms with E-state index in [0.717, 1.165) is 18.7 Å². The van der Waals surface area contributed by atoms with Gasteiger partial charge < -0.3 is 15.5 Å². The average Bonchev–Trinajstić information content (AvgIpc) is 2.75. The van der Waals surface area contributed by atoms with Gasteiger partial charge in [-0.2, -0.15) is 0 Å². The zero-order valence-corrected chi connectivity index (χ0v) is 17.7. The van der Waals surface area contributed by atoms with Crippen LogP contribution in [0.25, 0.3) is 0 Å². The van der Waals surface area contributed by atoms with Gasteiger partial charge in [-0.05, 0) is 61.4 Å². The molecule has 7 heteroatoms. The average molecular weight is 424 g/mol. The quantitative estimate of drug-likeness (QED) is 0.508. The Kier molecular flexibility index (Phi) is 7.54. The number of carbonyl (C=O) groups excluding carboxylic acids is 1. The molecule has 162 valence electrons. The molecule has 2 N–H and O–H groups in total. The molecule has 0 bridgehead atoms. The highest BCUT2D eigenvalue weighted by molar-refractivity contribution is 5.95. The van der Waals surface area contributed by atoms with Crippen molar-refractivity contribution in [2.75, 3.05) is 28.6 Å². The van der Waals surface area contributed by atoms with Crippen LogP contribution in [0.3, 0.4) is 0 Å². The van der Waals surface area contributed by atoms with E-state index in [1.807, 2.05) is 18.7 Å². The predicted molar refractivity (Wildman–Crippen MR) is 120 cm³/mol. The summed E-state index contributed by atoms with van der Waals surface area (Å²) in [7, 11) is 0. The summed E-state index contributed by atoms with van der Waals surface area (Å²) < 4.78 is 26.5. The monoisotopic (exact) mass is 424 g/mol. The van der Waals surface area contributed by atoms with Crippen LogP contribution in [-0.2, 0) is 17.8 Å². The van der Waals surface area contributed by atoms with Crippen molar-refractivity contribution in [3.8, 4) is 0 Å². The lowest BCUT2D eigenvalue weighted by molar-refractivity contribution is -0.115. The normalized spacial score (nSPS) is 10.6. The first-order chi connectivity index (χ1) is 15.0. The Morgan fingerprint density at radius 3 is 2.35 bits per heavy atom. The van der Waals surface area contributed by atoms with E-state index < -0.39 is 0 Å². The molecule has 0 saturated heterocycles. The Morgan fingerprint density at radius 1 is 0.935 bits per heavy atom. The number of benzene rings is 2. The van der Waals surface area contributed by atoms with E-state index in [4.69, 9.17) is 0 Å². The smallest absolute Gasteiger partial charge is 0.228 e. The lowest BCUT2D eigenvalue weighted by atomic mass is 10.1. The zero-order valence-electron chi connectivity index (χ0n) is 17.7. The zero-order chi connectivity index (χ0) is 22.2. The SMILES string of the molecule is CCN(CC)c1nc(NCc2ccc(F)cc2)ccc1NC(=O)Cc1cccc(F)c1. The maximum atomic E-state index is 13.4. The number of nitrogens with zero attached hydrogens (tertiary/aromatic N) is 2. The van der Waals surface area contributed by atoms with Crippen LogP contribution in [0.4, 0.5) is 26.1 Å². The van der Waals surface area contributed by atoms with E-state index in [2.05, 4.69) is 15.6 Å². The number of hydrogen-bond donors (Lipinski definition) is 2. The van der Waals surface area contributed by atoms with Gasteiger partial charge in [0.15, 0.2) is 5.82 Å². The number of nitrogens with one attached hydrogen (secondary N) is 2. The van der Waals surface area contributed by atoms with Gasteiger partial charge in [0.1, 0.15) is 17.5 Å². The van der Waals surface area contributed by atoms with E-state index in [-0.39, 0.29) is 24.0 Å². The van der Waals surface area contributed by atoms with Crippen molar-refractivity contribution in [1.82, 2.24) is 4.98 Å². The number of aromatic nitrogens is 1. The van der Waals surface area contributed by atoms with Crippen LogP contribution in [0.2, 0.25) is 0 Å². The van der Waals surface area contributed by atoms with E-state index >= 15 is 0 Å². The van der Waals surface area contributed by atoms with Crippen molar-refractivity contribution in [3.05, 3.63) is 83.4 Å². The molecule has 0 spiro atoms. The van der Waals surface area contributed by atoms with Crippen molar-refractivity contribution in [2.45, 2.75) is 26.8 Å². The molecule has 3 rings (SSSR count). The van der Waals surface area contributed by atoms with Gasteiger partial charge in [-0.3, -0.25) is 4.79 Å². The molecule has 1 aromatic heterocycles. The molecule has 0 atom stereocenters. The lowest BCUT2D eigenvalue weighted by Gasteiger charge is -2.24. The van der Waals surface area contributed by atoms with Gasteiger partial charge in [0.05, 0.1) is 12.1 Å². The Morgan fingerprint density at radius 2 is 1.68 bits per heavy atom. The molecule has 1 heterocycles. The second-order valence-electron chi connectivity index (χ2n) is 7.07. The number of carbonyl (C=O) groups is 1. The van der Waals surface area contributed by atoms with E-state index in [1.165, 1.54) is 24.3 Å². The first-order valence-electron chi connectivity index (χ1n) is 10.3. The summed E-state index contributed by atoms with van der Waals surface area (Å²) in [5.41, 5.74) is 2.13. The van der Waals surface area contributed by atoms with Crippen LogP contribution in [0.5, 0.6) is 0 Å². The molecule has 31 heavy (non-hydrogen) atoms. The number of rotatable bonds is 9. The summed E-state index contributed by atoms with van der Waals surface area (Å²) in [6, 6.07) is 15.9. The standard InChI is InChI=1S/C24H26F2N4O/c1-3-30(4-2)24-21(28-23(31)15-18-6-5-7-20(26)14-18)12-13-22(29-24)27-16-17-8-10-19(25)11-9-17/h5-14H,3-4,15-16H2,1-2H3,(H,27,29)(H,28,31). The largest absolute Gasteiger partial charge is 0.366 e. The van der Waals surface area contributed by atoms with Crippen molar-refractivity contribution >= 4 is 23.2 Å². The number of hydrogen-bond acceptors (Lipinski definition) is 4. The van der Waals surface area contributed by atoms with Crippen LogP contribution in [0, 0.1) is 11.6 Å². The molecule has 0 aliphatic heterocycles. The summed E-state index contributed by atoms with van der Waals surface area (Å²) in [6.07, 6.45) is 0.0695. The molecule has 3 aromatic rings. The van der Waals surface area contributed by atoms with Gasteiger partial charge in [-0.25, -0.2) is 13.8 Å². The first-order valence-corrected chi connectivity index (χ1v) is 10.3. The molecule has 5 nitrogen and oxygen atoms in total. The third-order valence-electron chi connectivity index (χ3n) is 4.85. The molecule has 0 saturated carbocycles. The number of amides is 1. The van der Waals surface area contributed by atoms with Gasteiger partial charge in [0, 0.05) is 19.6 Å². The van der Waals surface area contributed by atoms with Gasteiger partial charge >= 0.3 is 0 Å². The first kappa shape index (κ1) is 22.2. The number of pyridine rings is 1. The van der Waals surface area contributed by atoms with Crippen molar-refractivity contribution < 1.29 is 13.6 Å². The Bertz CT molecular complexity index is 1020. The van der Waals surface area contributed by atoms with Crippen LogP contribution >= 0.6 is 0 Å². The van der Waals surface area contributed by atoms with Crippen molar-refractivity contribution in [3.63, 3.8) is 0 Å². The molecule has 0 aliphatic rings. The van der Waals surface area contributed by atoms with Crippen LogP contribution < -0.4 is 15.5 Å². The topological polar surface area (TPSA) is 57.3 Å². The third-order valence-corrected chi connectivity index (χ3v) is 4.85. The molecule has 0 unspecified atom stereocenters. The maximum Gasteiger partial charge on any atom is 0.228 e. The molecule has 1 amide bonds. The fourth-order valence-electron chi connectivity index (χ4n) is 3.23. The lowest BCUT2D eigenvalue weighted by Crippen LogP contribution is -2.26. The Hall–Kier alpha value is -3.48. The second-order valence-corrected chi connectivity index (χ2v) is 7.07. The van der Waals surface area contributed by atoms with Crippen molar-refractivity contribution in [2.24, 2.45) is 0 Å². The summed E-state index contributed by atoms with van der Waals surface area (Å²) in [5.74, 6) is 0.417. The highest BCUT2D eigenvalue weighted by Gasteiger charge is 2.14. The van der Waals surface area contributed by atoms with Gasteiger partial charge in [0.25, 0.3) is 0 Å². The second kappa shape index (κ2) is 10.5. The fourth-order valence-corrected chi connectivity index (χ4v) is 3.23. The molecular formula is C24H26F2N4O. The number of anilines is 3.